The topological polar surface area (TPSA) is 72.9 Å². The van der Waals surface area contributed by atoms with E-state index in [0.29, 0.717) is 17.8 Å². The molecule has 7 nitrogen and oxygen atoms in total. The summed E-state index contributed by atoms with van der Waals surface area (Å²) in [6.07, 6.45) is 5.66. The van der Waals surface area contributed by atoms with E-state index in [4.69, 9.17) is 4.42 Å². The van der Waals surface area contributed by atoms with E-state index < -0.39 is 0 Å². The molecule has 25 heavy (non-hydrogen) atoms. The highest BCUT2D eigenvalue weighted by Crippen LogP contribution is 2.30. The molecule has 4 rings (SSSR count). The second-order valence-corrected chi connectivity index (χ2v) is 6.64. The van der Waals surface area contributed by atoms with Crippen molar-refractivity contribution in [2.75, 3.05) is 6.54 Å². The summed E-state index contributed by atoms with van der Waals surface area (Å²) in [6, 6.07) is 8.63. The maximum atomic E-state index is 5.97. The summed E-state index contributed by atoms with van der Waals surface area (Å²) in [5, 5.41) is 12.8. The number of aryl methyl sites for hydroxylation is 1. The monoisotopic (exact) mass is 338 g/mol. The van der Waals surface area contributed by atoms with Crippen molar-refractivity contribution in [3.8, 4) is 11.5 Å². The van der Waals surface area contributed by atoms with Crippen molar-refractivity contribution in [1.29, 1.82) is 0 Å². The third kappa shape index (κ3) is 3.32. The van der Waals surface area contributed by atoms with Crippen LogP contribution in [0.2, 0.25) is 0 Å². The lowest BCUT2D eigenvalue weighted by Gasteiger charge is -2.28. The molecule has 2 aromatic heterocycles. The first-order valence-corrected chi connectivity index (χ1v) is 8.69. The van der Waals surface area contributed by atoms with Crippen LogP contribution in [0.25, 0.3) is 11.5 Å². The fourth-order valence-electron chi connectivity index (χ4n) is 3.46. The fraction of sp³-hybridized carbons (Fsp3) is 0.444. The number of rotatable bonds is 5. The first-order valence-electron chi connectivity index (χ1n) is 8.69. The average molecular weight is 338 g/mol. The molecular formula is C18H22N6O. The van der Waals surface area contributed by atoms with Crippen LogP contribution in [0.1, 0.15) is 37.3 Å². The van der Waals surface area contributed by atoms with Gasteiger partial charge in [0.2, 0.25) is 11.8 Å². The molecule has 1 aromatic carbocycles. The maximum absolute atomic E-state index is 5.97. The molecule has 0 spiro atoms. The molecule has 0 N–H and O–H groups in total. The molecule has 0 radical (unpaired) electrons. The summed E-state index contributed by atoms with van der Waals surface area (Å²) < 4.78 is 7.86. The van der Waals surface area contributed by atoms with Crippen molar-refractivity contribution in [2.24, 2.45) is 0 Å². The predicted molar refractivity (Wildman–Crippen MR) is 92.6 cm³/mol. The van der Waals surface area contributed by atoms with E-state index in [9.17, 15) is 0 Å². The molecule has 1 aliphatic rings. The Hall–Kier alpha value is -2.54. The molecule has 3 aromatic rings. The largest absolute Gasteiger partial charge is 0.419 e. The Kier molecular flexibility index (Phi) is 4.31. The number of nitrogens with zero attached hydrogens (tertiary/aromatic N) is 6. The van der Waals surface area contributed by atoms with Crippen molar-refractivity contribution >= 4 is 0 Å². The molecule has 0 amide bonds. The van der Waals surface area contributed by atoms with Crippen LogP contribution in [0.3, 0.4) is 0 Å². The molecule has 1 fully saturated rings. The zero-order valence-electron chi connectivity index (χ0n) is 14.5. The SMILES string of the molecule is Cc1ccc(-c2nnc([C@@H](C)N3CCC[C@H]3Cn3cncn3)o2)cc1. The van der Waals surface area contributed by atoms with E-state index in [-0.39, 0.29) is 6.04 Å². The minimum Gasteiger partial charge on any atom is -0.419 e. The standard InChI is InChI=1S/C18H22N6O/c1-13-5-7-15(8-6-13)18-22-21-17(25-18)14(2)24-9-3-4-16(24)10-23-12-19-11-20-23/h5-8,11-12,14,16H,3-4,9-10H2,1-2H3/t14-,16+/m1/s1. The maximum Gasteiger partial charge on any atom is 0.247 e. The Balaban J connectivity index is 1.50. The van der Waals surface area contributed by atoms with Gasteiger partial charge in [0.05, 0.1) is 12.6 Å². The molecule has 3 heterocycles. The van der Waals surface area contributed by atoms with E-state index in [1.807, 2.05) is 16.8 Å². The molecule has 0 unspecified atom stereocenters. The molecule has 0 bridgehead atoms. The van der Waals surface area contributed by atoms with Crippen LogP contribution in [0, 0.1) is 6.92 Å². The third-order valence-electron chi connectivity index (χ3n) is 4.88. The van der Waals surface area contributed by atoms with Gasteiger partial charge in [0.15, 0.2) is 0 Å². The second-order valence-electron chi connectivity index (χ2n) is 6.64. The minimum atomic E-state index is 0.0859. The van der Waals surface area contributed by atoms with Gasteiger partial charge in [-0.2, -0.15) is 5.10 Å². The fourth-order valence-corrected chi connectivity index (χ4v) is 3.46. The first kappa shape index (κ1) is 16.0. The predicted octanol–water partition coefficient (Wildman–Crippen LogP) is 2.86. The summed E-state index contributed by atoms with van der Waals surface area (Å²) in [5.41, 5.74) is 2.17. The Morgan fingerprint density at radius 3 is 2.84 bits per heavy atom. The Bertz CT molecular complexity index is 810. The molecule has 2 atom stereocenters. The van der Waals surface area contributed by atoms with Crippen LogP contribution in [0.5, 0.6) is 0 Å². The summed E-state index contributed by atoms with van der Waals surface area (Å²) in [7, 11) is 0. The van der Waals surface area contributed by atoms with Gasteiger partial charge in [-0.3, -0.25) is 9.58 Å². The smallest absolute Gasteiger partial charge is 0.247 e. The normalized spacial score (nSPS) is 19.4. The first-order chi connectivity index (χ1) is 12.2. The van der Waals surface area contributed by atoms with Crippen molar-refractivity contribution in [3.05, 3.63) is 48.4 Å². The van der Waals surface area contributed by atoms with Crippen LogP contribution >= 0.6 is 0 Å². The van der Waals surface area contributed by atoms with Crippen LogP contribution in [0.4, 0.5) is 0 Å². The molecule has 0 aliphatic carbocycles. The van der Waals surface area contributed by atoms with Crippen LogP contribution < -0.4 is 0 Å². The number of likely N-dealkylation sites (tertiary alicyclic amines) is 1. The van der Waals surface area contributed by atoms with Gasteiger partial charge in [-0.25, -0.2) is 4.98 Å². The molecule has 130 valence electrons. The molecule has 1 saturated heterocycles. The van der Waals surface area contributed by atoms with Crippen molar-refractivity contribution in [3.63, 3.8) is 0 Å². The highest BCUT2D eigenvalue weighted by atomic mass is 16.4. The van der Waals surface area contributed by atoms with Gasteiger partial charge in [0.25, 0.3) is 0 Å². The van der Waals surface area contributed by atoms with Crippen LogP contribution in [0.15, 0.2) is 41.3 Å². The van der Waals surface area contributed by atoms with Gasteiger partial charge in [0, 0.05) is 11.6 Å². The van der Waals surface area contributed by atoms with E-state index in [2.05, 4.69) is 51.2 Å². The van der Waals surface area contributed by atoms with Gasteiger partial charge < -0.3 is 4.42 Å². The van der Waals surface area contributed by atoms with E-state index in [1.54, 1.807) is 12.7 Å². The number of hydrogen-bond donors (Lipinski definition) is 0. The average Bonchev–Trinajstić information content (AvgIpc) is 3.37. The van der Waals surface area contributed by atoms with Crippen molar-refractivity contribution in [2.45, 2.75) is 45.3 Å². The van der Waals surface area contributed by atoms with E-state index in [0.717, 1.165) is 25.1 Å². The lowest BCUT2D eigenvalue weighted by Crippen LogP contribution is -2.35. The number of hydrogen-bond acceptors (Lipinski definition) is 6. The van der Waals surface area contributed by atoms with Crippen molar-refractivity contribution in [1.82, 2.24) is 29.9 Å². The Labute approximate surface area is 146 Å². The highest BCUT2D eigenvalue weighted by Gasteiger charge is 2.32. The number of benzene rings is 1. The van der Waals surface area contributed by atoms with Gasteiger partial charge in [-0.1, -0.05) is 17.7 Å². The zero-order chi connectivity index (χ0) is 17.2. The summed E-state index contributed by atoms with van der Waals surface area (Å²) in [4.78, 5) is 6.45. The lowest BCUT2D eigenvalue weighted by molar-refractivity contribution is 0.152. The van der Waals surface area contributed by atoms with Gasteiger partial charge in [0.1, 0.15) is 12.7 Å². The Morgan fingerprint density at radius 1 is 1.24 bits per heavy atom. The van der Waals surface area contributed by atoms with Gasteiger partial charge in [-0.05, 0) is 45.4 Å². The second kappa shape index (κ2) is 6.76. The van der Waals surface area contributed by atoms with E-state index >= 15 is 0 Å². The summed E-state index contributed by atoms with van der Waals surface area (Å²) in [6.45, 7) is 6.06. The third-order valence-corrected chi connectivity index (χ3v) is 4.88. The molecule has 7 heteroatoms. The quantitative estimate of drug-likeness (QED) is 0.712. The molecular weight excluding hydrogens is 316 g/mol. The summed E-state index contributed by atoms with van der Waals surface area (Å²) >= 11 is 0. The highest BCUT2D eigenvalue weighted by molar-refractivity contribution is 5.52. The summed E-state index contributed by atoms with van der Waals surface area (Å²) in [5.74, 6) is 1.25. The van der Waals surface area contributed by atoms with Gasteiger partial charge in [-0.15, -0.1) is 10.2 Å². The Morgan fingerprint density at radius 2 is 2.08 bits per heavy atom. The van der Waals surface area contributed by atoms with Crippen LogP contribution in [-0.4, -0.2) is 42.4 Å². The lowest BCUT2D eigenvalue weighted by atomic mass is 10.1. The van der Waals surface area contributed by atoms with E-state index in [1.165, 1.54) is 12.0 Å². The van der Waals surface area contributed by atoms with Crippen molar-refractivity contribution < 1.29 is 4.42 Å². The molecule has 1 aliphatic heterocycles. The molecule has 0 saturated carbocycles. The minimum absolute atomic E-state index is 0.0859. The van der Waals surface area contributed by atoms with Gasteiger partial charge >= 0.3 is 0 Å². The number of aromatic nitrogens is 5. The zero-order valence-corrected chi connectivity index (χ0v) is 14.5. The van der Waals surface area contributed by atoms with Crippen LogP contribution in [-0.2, 0) is 6.54 Å².